The molecule has 0 saturated carbocycles. The van der Waals surface area contributed by atoms with Gasteiger partial charge in [0, 0.05) is 24.5 Å². The monoisotopic (exact) mass is 420 g/mol. The van der Waals surface area contributed by atoms with Gasteiger partial charge in [-0.3, -0.25) is 24.2 Å². The van der Waals surface area contributed by atoms with Gasteiger partial charge in [-0.15, -0.1) is 0 Å². The van der Waals surface area contributed by atoms with Crippen LogP contribution in [0.25, 0.3) is 0 Å². The number of nitrogens with one attached hydrogen (secondary N) is 2. The minimum Gasteiger partial charge on any atom is -0.336 e. The summed E-state index contributed by atoms with van der Waals surface area (Å²) in [5.41, 5.74) is 1.90. The maximum Gasteiger partial charge on any atom is 0.321 e. The zero-order valence-electron chi connectivity index (χ0n) is 17.4. The first-order valence-electron chi connectivity index (χ1n) is 10.3. The van der Waals surface area contributed by atoms with Crippen LogP contribution in [0, 0.1) is 5.92 Å². The molecule has 4 rings (SSSR count). The molecule has 31 heavy (non-hydrogen) atoms. The molecule has 160 valence electrons. The van der Waals surface area contributed by atoms with Gasteiger partial charge in [-0.25, -0.2) is 4.79 Å². The van der Waals surface area contributed by atoms with Gasteiger partial charge in [0.2, 0.25) is 5.91 Å². The number of fused-ring (bicyclic) bond motifs is 1. The summed E-state index contributed by atoms with van der Waals surface area (Å²) in [5.74, 6) is -1.22. The molecular formula is C23H24N4O4. The Morgan fingerprint density at radius 2 is 1.61 bits per heavy atom. The Morgan fingerprint density at radius 1 is 1.00 bits per heavy atom. The lowest BCUT2D eigenvalue weighted by molar-refractivity contribution is -0.120. The number of hydrogen-bond donors (Lipinski definition) is 2. The number of imide groups is 1. The number of amides is 5. The maximum absolute atomic E-state index is 13.1. The third-order valence-electron chi connectivity index (χ3n) is 5.44. The molecule has 2 aromatic rings. The first-order valence-corrected chi connectivity index (χ1v) is 10.3. The van der Waals surface area contributed by atoms with Crippen molar-refractivity contribution in [2.45, 2.75) is 26.3 Å². The number of carbonyl (C=O) groups excluding carboxylic acids is 4. The Labute approximate surface area is 180 Å². The van der Waals surface area contributed by atoms with Gasteiger partial charge in [0.1, 0.15) is 6.04 Å². The van der Waals surface area contributed by atoms with Crippen molar-refractivity contribution in [1.82, 2.24) is 10.2 Å². The first kappa shape index (κ1) is 20.6. The van der Waals surface area contributed by atoms with E-state index in [1.54, 1.807) is 53.4 Å². The fraction of sp³-hybridized carbons (Fsp3) is 0.304. The van der Waals surface area contributed by atoms with Gasteiger partial charge in [0.05, 0.1) is 11.1 Å². The van der Waals surface area contributed by atoms with Crippen LogP contribution in [0.3, 0.4) is 0 Å². The number of rotatable bonds is 6. The Hall–Kier alpha value is -3.68. The molecule has 1 fully saturated rings. The van der Waals surface area contributed by atoms with Crippen LogP contribution in [0.5, 0.6) is 0 Å². The molecular weight excluding hydrogens is 396 g/mol. The minimum atomic E-state index is -0.920. The SMILES string of the molecule is CC(C)CC(C(=O)Nc1ccc(N2CCNC2=O)cc1)N1C(=O)c2ccccc2C1=O. The van der Waals surface area contributed by atoms with E-state index in [1.807, 2.05) is 13.8 Å². The molecule has 0 spiro atoms. The fourth-order valence-electron chi connectivity index (χ4n) is 3.94. The molecule has 0 bridgehead atoms. The molecule has 8 heteroatoms. The fourth-order valence-corrected chi connectivity index (χ4v) is 3.94. The Morgan fingerprint density at radius 3 is 2.13 bits per heavy atom. The normalized spacial score (nSPS) is 16.5. The van der Waals surface area contributed by atoms with Crippen LogP contribution in [0.4, 0.5) is 16.2 Å². The third kappa shape index (κ3) is 3.88. The van der Waals surface area contributed by atoms with E-state index in [0.717, 1.165) is 10.6 Å². The molecule has 1 unspecified atom stereocenters. The predicted molar refractivity (Wildman–Crippen MR) is 116 cm³/mol. The molecule has 1 atom stereocenters. The van der Waals surface area contributed by atoms with Crippen molar-refractivity contribution >= 4 is 35.1 Å². The van der Waals surface area contributed by atoms with Crippen molar-refractivity contribution < 1.29 is 19.2 Å². The quantitative estimate of drug-likeness (QED) is 0.702. The second-order valence-electron chi connectivity index (χ2n) is 8.09. The van der Waals surface area contributed by atoms with Crippen LogP contribution in [0.2, 0.25) is 0 Å². The van der Waals surface area contributed by atoms with Gasteiger partial charge in [0.15, 0.2) is 0 Å². The third-order valence-corrected chi connectivity index (χ3v) is 5.44. The molecule has 2 heterocycles. The lowest BCUT2D eigenvalue weighted by atomic mass is 10.0. The van der Waals surface area contributed by atoms with Crippen LogP contribution in [0.15, 0.2) is 48.5 Å². The Balaban J connectivity index is 1.54. The molecule has 2 aliphatic rings. The number of nitrogens with zero attached hydrogens (tertiary/aromatic N) is 2. The zero-order valence-corrected chi connectivity index (χ0v) is 17.4. The Kier molecular flexibility index (Phi) is 5.46. The molecule has 2 aromatic carbocycles. The highest BCUT2D eigenvalue weighted by molar-refractivity contribution is 6.23. The summed E-state index contributed by atoms with van der Waals surface area (Å²) in [6.45, 7) is 5.05. The maximum atomic E-state index is 13.1. The topological polar surface area (TPSA) is 98.8 Å². The standard InChI is InChI=1S/C23H24N4O4/c1-14(2)13-19(27-21(29)17-5-3-4-6-18(17)22(27)30)20(28)25-15-7-9-16(10-8-15)26-12-11-24-23(26)31/h3-10,14,19H,11-13H2,1-2H3,(H,24,31)(H,25,28). The summed E-state index contributed by atoms with van der Waals surface area (Å²) in [6, 6.07) is 12.4. The second-order valence-corrected chi connectivity index (χ2v) is 8.09. The van der Waals surface area contributed by atoms with E-state index in [4.69, 9.17) is 0 Å². The van der Waals surface area contributed by atoms with Crippen LogP contribution >= 0.6 is 0 Å². The molecule has 2 aliphatic heterocycles. The lowest BCUT2D eigenvalue weighted by Gasteiger charge is -2.27. The summed E-state index contributed by atoms with van der Waals surface area (Å²) >= 11 is 0. The highest BCUT2D eigenvalue weighted by atomic mass is 16.2. The number of anilines is 2. The molecule has 0 aliphatic carbocycles. The first-order chi connectivity index (χ1) is 14.9. The molecule has 0 aromatic heterocycles. The summed E-state index contributed by atoms with van der Waals surface area (Å²) in [4.78, 5) is 53.4. The number of carbonyl (C=O) groups is 4. The molecule has 1 saturated heterocycles. The number of hydrogen-bond acceptors (Lipinski definition) is 4. The zero-order chi connectivity index (χ0) is 22.1. The summed E-state index contributed by atoms with van der Waals surface area (Å²) < 4.78 is 0. The highest BCUT2D eigenvalue weighted by Gasteiger charge is 2.42. The Bertz CT molecular complexity index is 1010. The van der Waals surface area contributed by atoms with Gasteiger partial charge in [0.25, 0.3) is 11.8 Å². The van der Waals surface area contributed by atoms with Crippen molar-refractivity contribution in [1.29, 1.82) is 0 Å². The molecule has 8 nitrogen and oxygen atoms in total. The molecule has 2 N–H and O–H groups in total. The van der Waals surface area contributed by atoms with Crippen LogP contribution < -0.4 is 15.5 Å². The largest absolute Gasteiger partial charge is 0.336 e. The smallest absolute Gasteiger partial charge is 0.321 e. The number of benzene rings is 2. The van der Waals surface area contributed by atoms with Gasteiger partial charge in [-0.1, -0.05) is 26.0 Å². The van der Waals surface area contributed by atoms with Gasteiger partial charge in [-0.2, -0.15) is 0 Å². The van der Waals surface area contributed by atoms with E-state index in [-0.39, 0.29) is 11.9 Å². The van der Waals surface area contributed by atoms with E-state index in [1.165, 1.54) is 0 Å². The van der Waals surface area contributed by atoms with Crippen molar-refractivity contribution in [2.75, 3.05) is 23.3 Å². The predicted octanol–water partition coefficient (Wildman–Crippen LogP) is 2.87. The van der Waals surface area contributed by atoms with E-state index in [9.17, 15) is 19.2 Å². The van der Waals surface area contributed by atoms with Crippen LogP contribution in [-0.4, -0.2) is 47.8 Å². The minimum absolute atomic E-state index is 0.0936. The summed E-state index contributed by atoms with van der Waals surface area (Å²) in [5, 5.41) is 5.56. The van der Waals surface area contributed by atoms with Gasteiger partial charge >= 0.3 is 6.03 Å². The second kappa shape index (κ2) is 8.22. The van der Waals surface area contributed by atoms with E-state index < -0.39 is 23.8 Å². The van der Waals surface area contributed by atoms with Crippen molar-refractivity contribution in [3.63, 3.8) is 0 Å². The van der Waals surface area contributed by atoms with Gasteiger partial charge in [-0.05, 0) is 48.7 Å². The van der Waals surface area contributed by atoms with E-state index in [0.29, 0.717) is 36.3 Å². The average molecular weight is 420 g/mol. The lowest BCUT2D eigenvalue weighted by Crippen LogP contribution is -2.47. The highest BCUT2D eigenvalue weighted by Crippen LogP contribution is 2.28. The van der Waals surface area contributed by atoms with Crippen molar-refractivity contribution in [3.8, 4) is 0 Å². The summed E-state index contributed by atoms with van der Waals surface area (Å²) in [6.07, 6.45) is 0.351. The number of urea groups is 1. The van der Waals surface area contributed by atoms with E-state index in [2.05, 4.69) is 10.6 Å². The van der Waals surface area contributed by atoms with Crippen LogP contribution in [-0.2, 0) is 4.79 Å². The average Bonchev–Trinajstić information content (AvgIpc) is 3.28. The molecule has 5 amide bonds. The van der Waals surface area contributed by atoms with Crippen LogP contribution in [0.1, 0.15) is 41.0 Å². The summed E-state index contributed by atoms with van der Waals surface area (Å²) in [7, 11) is 0. The molecule has 0 radical (unpaired) electrons. The van der Waals surface area contributed by atoms with E-state index >= 15 is 0 Å². The van der Waals surface area contributed by atoms with Crippen molar-refractivity contribution in [3.05, 3.63) is 59.7 Å². The van der Waals surface area contributed by atoms with Gasteiger partial charge < -0.3 is 10.6 Å². The van der Waals surface area contributed by atoms with Crippen molar-refractivity contribution in [2.24, 2.45) is 5.92 Å².